The molecule has 0 aliphatic heterocycles. The van der Waals surface area contributed by atoms with E-state index in [9.17, 15) is 9.59 Å². The van der Waals surface area contributed by atoms with Crippen LogP contribution in [0, 0.1) is 5.92 Å². The van der Waals surface area contributed by atoms with E-state index in [-0.39, 0.29) is 17.8 Å². The highest BCUT2D eigenvalue weighted by atomic mass is 16.5. The van der Waals surface area contributed by atoms with Crippen LogP contribution in [0.25, 0.3) is 0 Å². The van der Waals surface area contributed by atoms with Crippen molar-refractivity contribution in [2.75, 3.05) is 0 Å². The van der Waals surface area contributed by atoms with Gasteiger partial charge in [0.15, 0.2) is 0 Å². The maximum atomic E-state index is 10.9. The topological polar surface area (TPSA) is 43.4 Å². The number of ketones is 1. The summed E-state index contributed by atoms with van der Waals surface area (Å²) in [6.07, 6.45) is 4.71. The zero-order valence-corrected chi connectivity index (χ0v) is 7.99. The van der Waals surface area contributed by atoms with Gasteiger partial charge in [0.1, 0.15) is 11.9 Å². The predicted octanol–water partition coefficient (Wildman–Crippen LogP) is 1.70. The molecule has 1 rings (SSSR count). The largest absolute Gasteiger partial charge is 0.464 e. The molecule has 0 saturated heterocycles. The molecule has 3 heteroatoms. The molecule has 3 nitrogen and oxygen atoms in total. The van der Waals surface area contributed by atoms with E-state index in [1.54, 1.807) is 6.92 Å². The zero-order valence-electron chi connectivity index (χ0n) is 7.99. The average Bonchev–Trinajstić information content (AvgIpc) is 2.08. The highest BCUT2D eigenvalue weighted by molar-refractivity contribution is 5.75. The first kappa shape index (κ1) is 10.2. The molecule has 74 valence electrons. The molecule has 0 aromatic rings. The first-order valence-electron chi connectivity index (χ1n) is 4.82. The van der Waals surface area contributed by atoms with E-state index in [0.717, 1.165) is 25.7 Å². The minimum absolute atomic E-state index is 0.0184. The van der Waals surface area contributed by atoms with Crippen LogP contribution in [0.2, 0.25) is 0 Å². The number of carbonyl (C=O) groups excluding carboxylic acids is 2. The summed E-state index contributed by atoms with van der Waals surface area (Å²) in [7, 11) is 0. The fourth-order valence-corrected chi connectivity index (χ4v) is 2.03. The van der Waals surface area contributed by atoms with E-state index in [2.05, 4.69) is 0 Å². The van der Waals surface area contributed by atoms with E-state index in [1.807, 2.05) is 0 Å². The Labute approximate surface area is 78.5 Å². The second-order valence-corrected chi connectivity index (χ2v) is 3.72. The van der Waals surface area contributed by atoms with Gasteiger partial charge in [0.2, 0.25) is 0 Å². The Morgan fingerprint density at radius 2 is 2.15 bits per heavy atom. The highest BCUT2D eigenvalue weighted by Gasteiger charge is 2.27. The lowest BCUT2D eigenvalue weighted by Crippen LogP contribution is -2.28. The van der Waals surface area contributed by atoms with E-state index in [0.29, 0.717) is 12.9 Å². The minimum Gasteiger partial charge on any atom is -0.464 e. The SMILES string of the molecule is CC(=O)CC1CCCCC1OC=O. The average molecular weight is 184 g/mol. The summed E-state index contributed by atoms with van der Waals surface area (Å²) in [5.41, 5.74) is 0. The molecular weight excluding hydrogens is 168 g/mol. The molecule has 1 fully saturated rings. The highest BCUT2D eigenvalue weighted by Crippen LogP contribution is 2.28. The summed E-state index contributed by atoms with van der Waals surface area (Å²) in [4.78, 5) is 21.1. The lowest BCUT2D eigenvalue weighted by Gasteiger charge is -2.29. The van der Waals surface area contributed by atoms with Gasteiger partial charge >= 0.3 is 0 Å². The summed E-state index contributed by atoms with van der Waals surface area (Å²) >= 11 is 0. The summed E-state index contributed by atoms with van der Waals surface area (Å²) in [6.45, 7) is 2.09. The molecule has 0 bridgehead atoms. The van der Waals surface area contributed by atoms with Crippen molar-refractivity contribution in [3.8, 4) is 0 Å². The van der Waals surface area contributed by atoms with Gasteiger partial charge in [0, 0.05) is 12.3 Å². The van der Waals surface area contributed by atoms with Crippen molar-refractivity contribution in [1.29, 1.82) is 0 Å². The van der Waals surface area contributed by atoms with Gasteiger partial charge in [0.05, 0.1) is 0 Å². The van der Waals surface area contributed by atoms with Crippen molar-refractivity contribution in [1.82, 2.24) is 0 Å². The number of rotatable bonds is 4. The normalized spacial score (nSPS) is 28.1. The number of ether oxygens (including phenoxy) is 1. The lowest BCUT2D eigenvalue weighted by atomic mass is 9.83. The molecule has 2 atom stereocenters. The molecule has 0 spiro atoms. The second kappa shape index (κ2) is 5.00. The second-order valence-electron chi connectivity index (χ2n) is 3.72. The van der Waals surface area contributed by atoms with Gasteiger partial charge in [0.25, 0.3) is 6.47 Å². The Bertz CT molecular complexity index is 189. The van der Waals surface area contributed by atoms with E-state index in [4.69, 9.17) is 4.74 Å². The van der Waals surface area contributed by atoms with Gasteiger partial charge in [-0.25, -0.2) is 0 Å². The zero-order chi connectivity index (χ0) is 9.68. The van der Waals surface area contributed by atoms with Crippen molar-refractivity contribution in [3.05, 3.63) is 0 Å². The van der Waals surface area contributed by atoms with Crippen molar-refractivity contribution in [3.63, 3.8) is 0 Å². The Morgan fingerprint density at radius 3 is 2.77 bits per heavy atom. The van der Waals surface area contributed by atoms with E-state index in [1.165, 1.54) is 0 Å². The smallest absolute Gasteiger partial charge is 0.293 e. The van der Waals surface area contributed by atoms with Crippen LogP contribution in [0.4, 0.5) is 0 Å². The molecule has 1 aliphatic carbocycles. The van der Waals surface area contributed by atoms with Crippen LogP contribution in [-0.2, 0) is 14.3 Å². The molecule has 1 aliphatic rings. The molecule has 0 radical (unpaired) electrons. The monoisotopic (exact) mass is 184 g/mol. The Balaban J connectivity index is 2.45. The van der Waals surface area contributed by atoms with Crippen LogP contribution in [0.15, 0.2) is 0 Å². The Morgan fingerprint density at radius 1 is 1.46 bits per heavy atom. The number of carbonyl (C=O) groups is 2. The van der Waals surface area contributed by atoms with Gasteiger partial charge in [-0.05, 0) is 26.2 Å². The molecule has 0 amide bonds. The summed E-state index contributed by atoms with van der Waals surface area (Å²) in [6, 6.07) is 0. The van der Waals surface area contributed by atoms with Crippen molar-refractivity contribution < 1.29 is 14.3 Å². The van der Waals surface area contributed by atoms with E-state index < -0.39 is 0 Å². The molecule has 2 unspecified atom stereocenters. The fraction of sp³-hybridized carbons (Fsp3) is 0.800. The first-order chi connectivity index (χ1) is 6.24. The number of Topliss-reactive ketones (excluding diaryl/α,β-unsaturated/α-hetero) is 1. The molecule has 13 heavy (non-hydrogen) atoms. The van der Waals surface area contributed by atoms with Crippen molar-refractivity contribution in [2.45, 2.75) is 45.1 Å². The van der Waals surface area contributed by atoms with Gasteiger partial charge in [-0.2, -0.15) is 0 Å². The first-order valence-corrected chi connectivity index (χ1v) is 4.82. The third-order valence-electron chi connectivity index (χ3n) is 2.62. The third-order valence-corrected chi connectivity index (χ3v) is 2.62. The molecule has 0 N–H and O–H groups in total. The van der Waals surface area contributed by atoms with Crippen molar-refractivity contribution >= 4 is 12.3 Å². The maximum absolute atomic E-state index is 10.9. The Kier molecular flexibility index (Phi) is 3.93. The van der Waals surface area contributed by atoms with Crippen LogP contribution in [0.5, 0.6) is 0 Å². The predicted molar refractivity (Wildman–Crippen MR) is 48.2 cm³/mol. The standard InChI is InChI=1S/C10H16O3/c1-8(12)6-9-4-2-3-5-10(9)13-7-11/h7,9-10H,2-6H2,1H3. The quantitative estimate of drug-likeness (QED) is 0.624. The lowest BCUT2D eigenvalue weighted by molar-refractivity contribution is -0.139. The Hall–Kier alpha value is -0.860. The molecule has 0 heterocycles. The van der Waals surface area contributed by atoms with Crippen LogP contribution in [0.1, 0.15) is 39.0 Å². The maximum Gasteiger partial charge on any atom is 0.293 e. The third kappa shape index (κ3) is 3.17. The van der Waals surface area contributed by atoms with Gasteiger partial charge in [-0.1, -0.05) is 6.42 Å². The minimum atomic E-state index is -0.0184. The van der Waals surface area contributed by atoms with Crippen molar-refractivity contribution in [2.24, 2.45) is 5.92 Å². The van der Waals surface area contributed by atoms with Gasteiger partial charge in [-0.15, -0.1) is 0 Å². The van der Waals surface area contributed by atoms with Crippen LogP contribution < -0.4 is 0 Å². The van der Waals surface area contributed by atoms with Crippen LogP contribution in [0.3, 0.4) is 0 Å². The molecular formula is C10H16O3. The number of hydrogen-bond donors (Lipinski definition) is 0. The molecule has 1 saturated carbocycles. The summed E-state index contributed by atoms with van der Waals surface area (Å²) in [5, 5.41) is 0. The fourth-order valence-electron chi connectivity index (χ4n) is 2.03. The van der Waals surface area contributed by atoms with Crippen LogP contribution >= 0.6 is 0 Å². The molecule has 0 aromatic heterocycles. The molecule has 0 aromatic carbocycles. The summed E-state index contributed by atoms with van der Waals surface area (Å²) in [5.74, 6) is 0.447. The van der Waals surface area contributed by atoms with Gasteiger partial charge in [-0.3, -0.25) is 4.79 Å². The summed E-state index contributed by atoms with van der Waals surface area (Å²) < 4.78 is 4.96. The van der Waals surface area contributed by atoms with E-state index >= 15 is 0 Å². The number of hydrogen-bond acceptors (Lipinski definition) is 3. The van der Waals surface area contributed by atoms with Gasteiger partial charge < -0.3 is 9.53 Å². The van der Waals surface area contributed by atoms with Crippen LogP contribution in [-0.4, -0.2) is 18.4 Å².